The summed E-state index contributed by atoms with van der Waals surface area (Å²) in [7, 11) is 0. The molecule has 1 N–H and O–H groups in total. The Hall–Kier alpha value is -1.84. The molecule has 1 unspecified atom stereocenters. The van der Waals surface area contributed by atoms with Crippen LogP contribution in [0.25, 0.3) is 0 Å². The van der Waals surface area contributed by atoms with E-state index in [0.717, 1.165) is 30.5 Å². The maximum atomic E-state index is 12.3. The molecular formula is C17H23NO3. The third-order valence-corrected chi connectivity index (χ3v) is 3.85. The number of hydrogen-bond acceptors (Lipinski definition) is 2. The number of carbonyl (C=O) groups is 2. The van der Waals surface area contributed by atoms with E-state index in [1.54, 1.807) is 0 Å². The van der Waals surface area contributed by atoms with Crippen molar-refractivity contribution in [3.63, 3.8) is 0 Å². The highest BCUT2D eigenvalue weighted by Crippen LogP contribution is 2.33. The van der Waals surface area contributed by atoms with Crippen LogP contribution in [0.5, 0.6) is 0 Å². The molecule has 2 rings (SSSR count). The molecule has 1 aliphatic rings. The van der Waals surface area contributed by atoms with E-state index < -0.39 is 5.97 Å². The topological polar surface area (TPSA) is 57.6 Å². The van der Waals surface area contributed by atoms with E-state index in [1.807, 2.05) is 29.2 Å². The zero-order chi connectivity index (χ0) is 15.4. The van der Waals surface area contributed by atoms with Crippen molar-refractivity contribution in [3.05, 3.63) is 35.4 Å². The molecule has 0 bridgehead atoms. The van der Waals surface area contributed by atoms with Crippen LogP contribution in [0.1, 0.15) is 50.3 Å². The van der Waals surface area contributed by atoms with E-state index >= 15 is 0 Å². The van der Waals surface area contributed by atoms with Crippen LogP contribution in [0.4, 0.5) is 0 Å². The number of benzene rings is 1. The lowest BCUT2D eigenvalue weighted by atomic mass is 10.00. The Bertz CT molecular complexity index is 525. The van der Waals surface area contributed by atoms with Gasteiger partial charge in [-0.1, -0.05) is 38.1 Å². The fourth-order valence-electron chi connectivity index (χ4n) is 2.96. The number of likely N-dealkylation sites (tertiary alicyclic amines) is 1. The largest absolute Gasteiger partial charge is 0.481 e. The third kappa shape index (κ3) is 4.06. The Labute approximate surface area is 125 Å². The first-order valence-electron chi connectivity index (χ1n) is 7.57. The molecule has 1 aromatic rings. The highest BCUT2D eigenvalue weighted by Gasteiger charge is 2.30. The van der Waals surface area contributed by atoms with E-state index in [2.05, 4.69) is 13.8 Å². The lowest BCUT2D eigenvalue weighted by Gasteiger charge is -2.26. The van der Waals surface area contributed by atoms with Crippen LogP contribution < -0.4 is 0 Å². The summed E-state index contributed by atoms with van der Waals surface area (Å²) in [6.07, 6.45) is 2.57. The lowest BCUT2D eigenvalue weighted by molar-refractivity contribution is -0.136. The first-order chi connectivity index (χ1) is 9.97. The zero-order valence-electron chi connectivity index (χ0n) is 12.7. The minimum absolute atomic E-state index is 0.0283. The molecule has 0 aromatic heterocycles. The average Bonchev–Trinajstić information content (AvgIpc) is 2.86. The Balaban J connectivity index is 2.16. The van der Waals surface area contributed by atoms with Gasteiger partial charge in [0.1, 0.15) is 0 Å². The molecule has 0 saturated carbocycles. The van der Waals surface area contributed by atoms with Gasteiger partial charge in [-0.3, -0.25) is 9.59 Å². The van der Waals surface area contributed by atoms with Crippen LogP contribution in [0, 0.1) is 5.92 Å². The van der Waals surface area contributed by atoms with E-state index in [1.165, 1.54) is 0 Å². The van der Waals surface area contributed by atoms with Gasteiger partial charge in [0.2, 0.25) is 5.91 Å². The second-order valence-corrected chi connectivity index (χ2v) is 6.16. The highest BCUT2D eigenvalue weighted by atomic mass is 16.4. The molecule has 1 saturated heterocycles. The van der Waals surface area contributed by atoms with Crippen LogP contribution in [0.15, 0.2) is 24.3 Å². The maximum Gasteiger partial charge on any atom is 0.307 e. The molecule has 1 heterocycles. The second kappa shape index (κ2) is 6.74. The number of aliphatic carboxylic acids is 1. The molecule has 1 fully saturated rings. The van der Waals surface area contributed by atoms with E-state index in [4.69, 9.17) is 5.11 Å². The molecule has 1 aliphatic heterocycles. The van der Waals surface area contributed by atoms with Crippen molar-refractivity contribution in [1.29, 1.82) is 0 Å². The monoisotopic (exact) mass is 289 g/mol. The molecule has 114 valence electrons. The minimum Gasteiger partial charge on any atom is -0.481 e. The van der Waals surface area contributed by atoms with Crippen LogP contribution in [-0.2, 0) is 16.0 Å². The van der Waals surface area contributed by atoms with Gasteiger partial charge in [0.15, 0.2) is 0 Å². The van der Waals surface area contributed by atoms with Crippen molar-refractivity contribution in [2.75, 3.05) is 6.54 Å². The second-order valence-electron chi connectivity index (χ2n) is 6.16. The van der Waals surface area contributed by atoms with E-state index in [-0.39, 0.29) is 18.4 Å². The molecule has 4 heteroatoms. The quantitative estimate of drug-likeness (QED) is 0.906. The summed E-state index contributed by atoms with van der Waals surface area (Å²) >= 11 is 0. The molecular weight excluding hydrogens is 266 g/mol. The fraction of sp³-hybridized carbons (Fsp3) is 0.529. The normalized spacial score (nSPS) is 18.2. The van der Waals surface area contributed by atoms with Gasteiger partial charge < -0.3 is 10.0 Å². The number of carboxylic acids is 1. The van der Waals surface area contributed by atoms with E-state index in [9.17, 15) is 9.59 Å². The number of amides is 1. The van der Waals surface area contributed by atoms with Gasteiger partial charge in [0, 0.05) is 13.0 Å². The summed E-state index contributed by atoms with van der Waals surface area (Å²) in [6.45, 7) is 4.91. The molecule has 1 amide bonds. The molecule has 21 heavy (non-hydrogen) atoms. The zero-order valence-corrected chi connectivity index (χ0v) is 12.7. The van der Waals surface area contributed by atoms with Gasteiger partial charge in [-0.2, -0.15) is 0 Å². The number of carbonyl (C=O) groups excluding carboxylic acids is 1. The maximum absolute atomic E-state index is 12.3. The average molecular weight is 289 g/mol. The number of rotatable bonds is 5. The predicted molar refractivity (Wildman–Crippen MR) is 80.9 cm³/mol. The van der Waals surface area contributed by atoms with Crippen LogP contribution in [0.2, 0.25) is 0 Å². The molecule has 1 aromatic carbocycles. The summed E-state index contributed by atoms with van der Waals surface area (Å²) in [6, 6.07) is 7.74. The van der Waals surface area contributed by atoms with Crippen molar-refractivity contribution in [2.24, 2.45) is 5.92 Å². The first-order valence-corrected chi connectivity index (χ1v) is 7.57. The van der Waals surface area contributed by atoms with Crippen LogP contribution >= 0.6 is 0 Å². The molecule has 4 nitrogen and oxygen atoms in total. The van der Waals surface area contributed by atoms with Gasteiger partial charge in [0.05, 0.1) is 12.5 Å². The van der Waals surface area contributed by atoms with Gasteiger partial charge in [-0.25, -0.2) is 0 Å². The van der Waals surface area contributed by atoms with Gasteiger partial charge in [-0.15, -0.1) is 0 Å². The molecule has 1 atom stereocenters. The van der Waals surface area contributed by atoms with Crippen LogP contribution in [-0.4, -0.2) is 28.4 Å². The fourth-order valence-corrected chi connectivity index (χ4v) is 2.96. The highest BCUT2D eigenvalue weighted by molar-refractivity contribution is 5.77. The first kappa shape index (κ1) is 15.5. The summed E-state index contributed by atoms with van der Waals surface area (Å²) in [5.74, 6) is -0.264. The standard InChI is InChI=1S/C17H23NO3/c1-12(2)9-16(19)18-8-4-7-15(18)14-6-3-5-13(10-14)11-17(20)21/h3,5-6,10,12,15H,4,7-9,11H2,1-2H3,(H,20,21). The molecule has 0 spiro atoms. The predicted octanol–water partition coefficient (Wildman–Crippen LogP) is 3.02. The van der Waals surface area contributed by atoms with Gasteiger partial charge >= 0.3 is 5.97 Å². The SMILES string of the molecule is CC(C)CC(=O)N1CCCC1c1cccc(CC(=O)O)c1. The summed E-state index contributed by atoms with van der Waals surface area (Å²) in [5, 5.41) is 8.90. The smallest absolute Gasteiger partial charge is 0.307 e. The van der Waals surface area contributed by atoms with Crippen molar-refractivity contribution in [2.45, 2.75) is 45.6 Å². The number of nitrogens with zero attached hydrogens (tertiary/aromatic N) is 1. The van der Waals surface area contributed by atoms with Crippen LogP contribution in [0.3, 0.4) is 0 Å². The number of carboxylic acid groups (broad SMARTS) is 1. The summed E-state index contributed by atoms with van der Waals surface area (Å²) < 4.78 is 0. The van der Waals surface area contributed by atoms with Crippen molar-refractivity contribution < 1.29 is 14.7 Å². The van der Waals surface area contributed by atoms with E-state index in [0.29, 0.717) is 12.3 Å². The number of hydrogen-bond donors (Lipinski definition) is 1. The van der Waals surface area contributed by atoms with Crippen molar-refractivity contribution >= 4 is 11.9 Å². The Morgan fingerprint density at radius 2 is 2.14 bits per heavy atom. The lowest BCUT2D eigenvalue weighted by Crippen LogP contribution is -2.31. The van der Waals surface area contributed by atoms with Gasteiger partial charge in [0.25, 0.3) is 0 Å². The minimum atomic E-state index is -0.827. The Morgan fingerprint density at radius 3 is 2.81 bits per heavy atom. The summed E-state index contributed by atoms with van der Waals surface area (Å²) in [4.78, 5) is 25.1. The Kier molecular flexibility index (Phi) is 4.99. The van der Waals surface area contributed by atoms with Gasteiger partial charge in [-0.05, 0) is 29.9 Å². The third-order valence-electron chi connectivity index (χ3n) is 3.85. The van der Waals surface area contributed by atoms with Crippen molar-refractivity contribution in [3.8, 4) is 0 Å². The molecule has 0 radical (unpaired) electrons. The van der Waals surface area contributed by atoms with Crippen molar-refractivity contribution in [1.82, 2.24) is 4.90 Å². The molecule has 0 aliphatic carbocycles. The Morgan fingerprint density at radius 1 is 1.38 bits per heavy atom. The summed E-state index contributed by atoms with van der Waals surface area (Å²) in [5.41, 5.74) is 1.85.